The van der Waals surface area contributed by atoms with E-state index in [0.717, 1.165) is 5.52 Å². The Balaban J connectivity index is 2.07. The van der Waals surface area contributed by atoms with Crippen molar-refractivity contribution in [2.75, 3.05) is 25.6 Å². The first-order chi connectivity index (χ1) is 13.0. The van der Waals surface area contributed by atoms with Gasteiger partial charge in [0.05, 0.1) is 23.3 Å². The van der Waals surface area contributed by atoms with Crippen molar-refractivity contribution in [2.24, 2.45) is 0 Å². The van der Waals surface area contributed by atoms with E-state index >= 15 is 0 Å². The van der Waals surface area contributed by atoms with Crippen LogP contribution in [0.5, 0.6) is 5.75 Å². The van der Waals surface area contributed by atoms with Crippen LogP contribution in [0.15, 0.2) is 58.1 Å². The SMILES string of the molecule is CCOc1ccc(-n2c(=O)c3c(N(C)C)[nH]c4ccccc4n-3c2=O)cc1. The molecule has 0 fully saturated rings. The molecular formula is C20H20N4O3. The molecule has 2 heterocycles. The molecule has 2 aliphatic rings. The smallest absolute Gasteiger partial charge is 0.341 e. The second-order valence-electron chi connectivity index (χ2n) is 6.42. The molecule has 0 amide bonds. The third kappa shape index (κ3) is 2.59. The van der Waals surface area contributed by atoms with Crippen LogP contribution in [0.25, 0.3) is 22.4 Å². The van der Waals surface area contributed by atoms with E-state index in [1.54, 1.807) is 29.2 Å². The Bertz CT molecular complexity index is 1200. The third-order valence-corrected chi connectivity index (χ3v) is 4.49. The number of benzene rings is 2. The van der Waals surface area contributed by atoms with Gasteiger partial charge >= 0.3 is 5.69 Å². The molecule has 0 radical (unpaired) electrons. The quantitative estimate of drug-likeness (QED) is 0.603. The van der Waals surface area contributed by atoms with E-state index in [0.29, 0.717) is 35.1 Å². The molecule has 7 nitrogen and oxygen atoms in total. The van der Waals surface area contributed by atoms with Gasteiger partial charge in [-0.3, -0.25) is 9.36 Å². The van der Waals surface area contributed by atoms with Gasteiger partial charge in [-0.15, -0.1) is 0 Å². The van der Waals surface area contributed by atoms with E-state index in [-0.39, 0.29) is 5.56 Å². The number of fused-ring (bicyclic) bond motifs is 3. The van der Waals surface area contributed by atoms with E-state index in [9.17, 15) is 9.59 Å². The van der Waals surface area contributed by atoms with Crippen LogP contribution in [-0.4, -0.2) is 34.8 Å². The first-order valence-electron chi connectivity index (χ1n) is 8.72. The predicted molar refractivity (Wildman–Crippen MR) is 106 cm³/mol. The first-order valence-corrected chi connectivity index (χ1v) is 8.72. The monoisotopic (exact) mass is 364 g/mol. The van der Waals surface area contributed by atoms with Crippen LogP contribution >= 0.6 is 0 Å². The zero-order valence-electron chi connectivity index (χ0n) is 15.4. The topological polar surface area (TPSA) is 72.3 Å². The number of rotatable bonds is 4. The second kappa shape index (κ2) is 6.35. The lowest BCUT2D eigenvalue weighted by atomic mass is 10.2. The van der Waals surface area contributed by atoms with E-state index in [2.05, 4.69) is 4.98 Å². The molecule has 2 aromatic carbocycles. The molecule has 0 saturated carbocycles. The maximum atomic E-state index is 13.2. The van der Waals surface area contributed by atoms with Gasteiger partial charge in [0.25, 0.3) is 5.56 Å². The standard InChI is InChI=1S/C20H20N4O3/c1-4-27-14-11-9-13(10-12-14)23-19(25)17-18(22(2)3)21-15-7-5-6-8-16(15)24(17)20(23)26/h5-12,21H,4H2,1-3H3. The fourth-order valence-corrected chi connectivity index (χ4v) is 3.29. The highest BCUT2D eigenvalue weighted by atomic mass is 16.5. The molecule has 1 N–H and O–H groups in total. The van der Waals surface area contributed by atoms with Gasteiger partial charge in [-0.05, 0) is 43.3 Å². The summed E-state index contributed by atoms with van der Waals surface area (Å²) in [5, 5.41) is 0. The summed E-state index contributed by atoms with van der Waals surface area (Å²) in [6, 6.07) is 14.4. The summed E-state index contributed by atoms with van der Waals surface area (Å²) in [6.45, 7) is 2.45. The number of anilines is 1. The number of imidazole rings is 1. The number of nitrogens with zero attached hydrogens (tertiary/aromatic N) is 3. The second-order valence-corrected chi connectivity index (χ2v) is 6.42. The molecule has 0 atom stereocenters. The van der Waals surface area contributed by atoms with E-state index in [4.69, 9.17) is 4.74 Å². The maximum Gasteiger partial charge on any atom is 0.341 e. The minimum absolute atomic E-state index is 0.317. The van der Waals surface area contributed by atoms with Gasteiger partial charge in [-0.2, -0.15) is 0 Å². The van der Waals surface area contributed by atoms with Crippen LogP contribution in [0, 0.1) is 0 Å². The minimum Gasteiger partial charge on any atom is -0.494 e. The molecule has 2 aromatic rings. The van der Waals surface area contributed by atoms with Crippen molar-refractivity contribution in [2.45, 2.75) is 6.92 Å². The lowest BCUT2D eigenvalue weighted by Gasteiger charge is -2.18. The largest absolute Gasteiger partial charge is 0.494 e. The van der Waals surface area contributed by atoms with Gasteiger partial charge in [0.1, 0.15) is 11.6 Å². The van der Waals surface area contributed by atoms with Crippen molar-refractivity contribution < 1.29 is 4.74 Å². The van der Waals surface area contributed by atoms with Gasteiger partial charge in [0, 0.05) is 14.1 Å². The van der Waals surface area contributed by atoms with Gasteiger partial charge in [-0.1, -0.05) is 12.1 Å². The van der Waals surface area contributed by atoms with E-state index in [1.807, 2.05) is 45.3 Å². The highest BCUT2D eigenvalue weighted by Gasteiger charge is 2.25. The predicted octanol–water partition coefficient (Wildman–Crippen LogP) is 2.37. The average molecular weight is 364 g/mol. The highest BCUT2D eigenvalue weighted by molar-refractivity contribution is 5.82. The summed E-state index contributed by atoms with van der Waals surface area (Å²) < 4.78 is 8.11. The lowest BCUT2D eigenvalue weighted by molar-refractivity contribution is 0.340. The van der Waals surface area contributed by atoms with Crippen molar-refractivity contribution in [3.05, 3.63) is 69.4 Å². The summed E-state index contributed by atoms with van der Waals surface area (Å²) in [4.78, 5) is 31.5. The average Bonchev–Trinajstić information content (AvgIpc) is 2.93. The molecule has 0 aliphatic carbocycles. The van der Waals surface area contributed by atoms with Crippen molar-refractivity contribution in [3.8, 4) is 17.1 Å². The number of ether oxygens (including phenoxy) is 1. The molecule has 0 aromatic heterocycles. The molecule has 27 heavy (non-hydrogen) atoms. The Morgan fingerprint density at radius 1 is 1.00 bits per heavy atom. The first kappa shape index (κ1) is 17.0. The molecule has 0 spiro atoms. The van der Waals surface area contributed by atoms with Gasteiger partial charge in [0.2, 0.25) is 0 Å². The number of H-pyrrole nitrogens is 1. The molecule has 0 bridgehead atoms. The van der Waals surface area contributed by atoms with Crippen LogP contribution in [0.2, 0.25) is 0 Å². The number of aromatic nitrogens is 3. The number of nitrogens with one attached hydrogen (secondary N) is 1. The zero-order chi connectivity index (χ0) is 19.1. The Morgan fingerprint density at radius 2 is 1.70 bits per heavy atom. The number of hydrogen-bond donors (Lipinski definition) is 1. The van der Waals surface area contributed by atoms with Gasteiger partial charge < -0.3 is 14.6 Å². The minimum atomic E-state index is -0.396. The molecule has 0 saturated heterocycles. The maximum absolute atomic E-state index is 13.2. The summed E-state index contributed by atoms with van der Waals surface area (Å²) >= 11 is 0. The number of para-hydroxylation sites is 2. The summed E-state index contributed by atoms with van der Waals surface area (Å²) in [5.74, 6) is 1.28. The van der Waals surface area contributed by atoms with E-state index in [1.165, 1.54) is 9.13 Å². The van der Waals surface area contributed by atoms with Crippen molar-refractivity contribution >= 4 is 16.9 Å². The van der Waals surface area contributed by atoms with Crippen molar-refractivity contribution in [1.82, 2.24) is 14.1 Å². The van der Waals surface area contributed by atoms with Gasteiger partial charge in [-0.25, -0.2) is 9.36 Å². The lowest BCUT2D eigenvalue weighted by Crippen LogP contribution is -2.25. The van der Waals surface area contributed by atoms with Crippen molar-refractivity contribution in [3.63, 3.8) is 0 Å². The number of hydrogen-bond acceptors (Lipinski definition) is 4. The van der Waals surface area contributed by atoms with E-state index < -0.39 is 5.69 Å². The fraction of sp³-hybridized carbons (Fsp3) is 0.200. The number of aromatic amines is 1. The Morgan fingerprint density at radius 3 is 2.37 bits per heavy atom. The van der Waals surface area contributed by atoms with Crippen LogP contribution in [0.4, 0.5) is 5.82 Å². The van der Waals surface area contributed by atoms with Crippen molar-refractivity contribution in [1.29, 1.82) is 0 Å². The summed E-state index contributed by atoms with van der Waals surface area (Å²) in [7, 11) is 3.66. The summed E-state index contributed by atoms with van der Waals surface area (Å²) in [6.07, 6.45) is 0. The van der Waals surface area contributed by atoms with Crippen LogP contribution < -0.4 is 20.9 Å². The molecule has 7 heteroatoms. The summed E-state index contributed by atoms with van der Waals surface area (Å²) in [5.41, 5.74) is 1.50. The Kier molecular flexibility index (Phi) is 3.99. The molecular weight excluding hydrogens is 344 g/mol. The zero-order valence-corrected chi connectivity index (χ0v) is 15.4. The fourth-order valence-electron chi connectivity index (χ4n) is 3.29. The Hall–Kier alpha value is -3.48. The van der Waals surface area contributed by atoms with Crippen LogP contribution in [-0.2, 0) is 0 Å². The normalized spacial score (nSPS) is 11.2. The van der Waals surface area contributed by atoms with Crippen LogP contribution in [0.1, 0.15) is 6.92 Å². The van der Waals surface area contributed by atoms with Crippen LogP contribution in [0.3, 0.4) is 0 Å². The highest BCUT2D eigenvalue weighted by Crippen LogP contribution is 2.24. The molecule has 2 aliphatic heterocycles. The van der Waals surface area contributed by atoms with Gasteiger partial charge in [0.15, 0.2) is 5.69 Å². The third-order valence-electron chi connectivity index (χ3n) is 4.49. The Labute approximate surface area is 155 Å². The molecule has 0 unspecified atom stereocenters. The molecule has 138 valence electrons. The molecule has 4 rings (SSSR count).